The number of aromatic nitrogens is 3. The van der Waals surface area contributed by atoms with Crippen LogP contribution in [0.5, 0.6) is 0 Å². The number of nitrogens with two attached hydrogens (primary N) is 1. The molecule has 38 heavy (non-hydrogen) atoms. The van der Waals surface area contributed by atoms with Gasteiger partial charge in [-0.15, -0.1) is 0 Å². The van der Waals surface area contributed by atoms with Crippen molar-refractivity contribution in [3.63, 3.8) is 0 Å². The maximum atomic E-state index is 13.3. The summed E-state index contributed by atoms with van der Waals surface area (Å²) in [5.41, 5.74) is 5.09. The molecule has 1 aliphatic rings. The van der Waals surface area contributed by atoms with E-state index in [4.69, 9.17) is 10.5 Å². The van der Waals surface area contributed by atoms with E-state index in [-0.39, 0.29) is 41.2 Å². The summed E-state index contributed by atoms with van der Waals surface area (Å²) in [5, 5.41) is 5.77. The monoisotopic (exact) mass is 529 g/mol. The summed E-state index contributed by atoms with van der Waals surface area (Å²) in [5.74, 6) is -0.295. The van der Waals surface area contributed by atoms with Gasteiger partial charge in [0.2, 0.25) is 0 Å². The number of likely N-dealkylation sites (tertiary alicyclic amines) is 1. The normalized spacial score (nSPS) is 14.3. The van der Waals surface area contributed by atoms with E-state index in [2.05, 4.69) is 25.6 Å². The Kier molecular flexibility index (Phi) is 8.05. The molecule has 1 aliphatic heterocycles. The van der Waals surface area contributed by atoms with Crippen molar-refractivity contribution in [2.24, 2.45) is 5.73 Å². The fourth-order valence-electron chi connectivity index (χ4n) is 4.10. The number of hydrogen-bond donors (Lipinski definition) is 3. The van der Waals surface area contributed by atoms with Crippen LogP contribution in [0.2, 0.25) is 0 Å². The van der Waals surface area contributed by atoms with Crippen LogP contribution in [0.4, 0.5) is 30.5 Å². The number of rotatable bonds is 8. The molecule has 0 aliphatic carbocycles. The molecular weight excluding hydrogens is 503 g/mol. The van der Waals surface area contributed by atoms with Gasteiger partial charge in [0.15, 0.2) is 0 Å². The number of piperidine rings is 1. The number of alkyl halides is 3. The molecule has 0 unspecified atom stereocenters. The van der Waals surface area contributed by atoms with Gasteiger partial charge in [0, 0.05) is 63.2 Å². The summed E-state index contributed by atoms with van der Waals surface area (Å²) in [6.07, 6.45) is 1.98. The van der Waals surface area contributed by atoms with E-state index in [1.807, 2.05) is 0 Å². The second-order valence-electron chi connectivity index (χ2n) is 8.65. The van der Waals surface area contributed by atoms with Crippen LogP contribution in [-0.4, -0.2) is 58.0 Å². The number of halogens is 3. The SMILES string of the molecule is COC1CCN(C(=O)c2ccc(Nc3cc(NCc4cnccc4C(F)(F)F)c(C(N)=O)cn3)nc2)CC1. The van der Waals surface area contributed by atoms with E-state index < -0.39 is 17.6 Å². The zero-order valence-corrected chi connectivity index (χ0v) is 20.5. The number of carbonyl (C=O) groups excluding carboxylic acids is 2. The highest BCUT2D eigenvalue weighted by Crippen LogP contribution is 2.32. The highest BCUT2D eigenvalue weighted by molar-refractivity contribution is 5.98. The van der Waals surface area contributed by atoms with Crippen LogP contribution in [0.15, 0.2) is 49.1 Å². The first-order valence-electron chi connectivity index (χ1n) is 11.7. The van der Waals surface area contributed by atoms with Gasteiger partial charge in [0.05, 0.1) is 28.5 Å². The zero-order valence-electron chi connectivity index (χ0n) is 20.5. The number of primary amides is 1. The molecule has 1 fully saturated rings. The second kappa shape index (κ2) is 11.4. The molecule has 0 bridgehead atoms. The molecule has 3 aromatic heterocycles. The van der Waals surface area contributed by atoms with E-state index in [1.165, 1.54) is 18.5 Å². The van der Waals surface area contributed by atoms with Gasteiger partial charge in [-0.25, -0.2) is 9.97 Å². The number of pyridine rings is 3. The number of hydrogen-bond acceptors (Lipinski definition) is 8. The Hall–Kier alpha value is -4.26. The molecule has 0 saturated carbocycles. The largest absolute Gasteiger partial charge is 0.416 e. The van der Waals surface area contributed by atoms with Crippen molar-refractivity contribution in [2.75, 3.05) is 30.8 Å². The topological polar surface area (TPSA) is 135 Å². The summed E-state index contributed by atoms with van der Waals surface area (Å²) in [4.78, 5) is 38.6. The van der Waals surface area contributed by atoms with E-state index in [1.54, 1.807) is 24.1 Å². The number of nitrogens with zero attached hydrogens (tertiary/aromatic N) is 4. The molecule has 13 heteroatoms. The lowest BCUT2D eigenvalue weighted by atomic mass is 10.1. The molecule has 1 saturated heterocycles. The molecule has 10 nitrogen and oxygen atoms in total. The Bertz CT molecular complexity index is 1290. The highest BCUT2D eigenvalue weighted by Gasteiger charge is 2.33. The molecule has 0 aromatic carbocycles. The minimum atomic E-state index is -4.56. The lowest BCUT2D eigenvalue weighted by Crippen LogP contribution is -2.40. The van der Waals surface area contributed by atoms with Crippen LogP contribution in [0.3, 0.4) is 0 Å². The van der Waals surface area contributed by atoms with Gasteiger partial charge in [0.25, 0.3) is 11.8 Å². The van der Waals surface area contributed by atoms with Crippen LogP contribution in [0.25, 0.3) is 0 Å². The molecule has 200 valence electrons. The highest BCUT2D eigenvalue weighted by atomic mass is 19.4. The van der Waals surface area contributed by atoms with E-state index in [0.29, 0.717) is 24.5 Å². The summed E-state index contributed by atoms with van der Waals surface area (Å²) >= 11 is 0. The van der Waals surface area contributed by atoms with Gasteiger partial charge in [-0.2, -0.15) is 13.2 Å². The predicted octanol–water partition coefficient (Wildman–Crippen LogP) is 3.60. The van der Waals surface area contributed by atoms with Gasteiger partial charge in [-0.3, -0.25) is 14.6 Å². The number of ether oxygens (including phenoxy) is 1. The molecule has 4 N–H and O–H groups in total. The van der Waals surface area contributed by atoms with Crippen molar-refractivity contribution in [2.45, 2.75) is 31.7 Å². The fourth-order valence-corrected chi connectivity index (χ4v) is 4.10. The molecule has 4 rings (SSSR count). The quantitative estimate of drug-likeness (QED) is 0.403. The summed E-state index contributed by atoms with van der Waals surface area (Å²) in [6.45, 7) is 0.947. The Morgan fingerprint density at radius 2 is 1.84 bits per heavy atom. The third-order valence-corrected chi connectivity index (χ3v) is 6.18. The summed E-state index contributed by atoms with van der Waals surface area (Å²) in [6, 6.07) is 5.56. The molecule has 4 heterocycles. The maximum absolute atomic E-state index is 13.3. The number of carbonyl (C=O) groups is 2. The van der Waals surface area contributed by atoms with Crippen molar-refractivity contribution in [1.82, 2.24) is 19.9 Å². The third kappa shape index (κ3) is 6.35. The Morgan fingerprint density at radius 1 is 1.11 bits per heavy atom. The molecule has 0 atom stereocenters. The predicted molar refractivity (Wildman–Crippen MR) is 133 cm³/mol. The van der Waals surface area contributed by atoms with Crippen molar-refractivity contribution in [3.05, 3.63) is 71.3 Å². The van der Waals surface area contributed by atoms with Crippen LogP contribution in [0, 0.1) is 0 Å². The van der Waals surface area contributed by atoms with Gasteiger partial charge in [-0.05, 0) is 31.0 Å². The molecule has 0 radical (unpaired) electrons. The Balaban J connectivity index is 1.46. The van der Waals surface area contributed by atoms with E-state index in [0.717, 1.165) is 31.3 Å². The molecule has 0 spiro atoms. The van der Waals surface area contributed by atoms with Gasteiger partial charge in [0.1, 0.15) is 11.6 Å². The van der Waals surface area contributed by atoms with Crippen LogP contribution in [-0.2, 0) is 17.5 Å². The lowest BCUT2D eigenvalue weighted by molar-refractivity contribution is -0.138. The third-order valence-electron chi connectivity index (χ3n) is 6.18. The second-order valence-corrected chi connectivity index (χ2v) is 8.65. The fraction of sp³-hybridized carbons (Fsp3) is 0.320. The van der Waals surface area contributed by atoms with Crippen molar-refractivity contribution >= 4 is 29.1 Å². The smallest absolute Gasteiger partial charge is 0.381 e. The van der Waals surface area contributed by atoms with Crippen LogP contribution < -0.4 is 16.4 Å². The minimum Gasteiger partial charge on any atom is -0.381 e. The van der Waals surface area contributed by atoms with Crippen molar-refractivity contribution < 1.29 is 27.5 Å². The summed E-state index contributed by atoms with van der Waals surface area (Å²) in [7, 11) is 1.66. The molecular formula is C25H26F3N7O3. The average molecular weight is 530 g/mol. The first-order chi connectivity index (χ1) is 18.2. The van der Waals surface area contributed by atoms with E-state index in [9.17, 15) is 22.8 Å². The number of nitrogens with one attached hydrogen (secondary N) is 2. The first-order valence-corrected chi connectivity index (χ1v) is 11.7. The minimum absolute atomic E-state index is 0.000790. The number of anilines is 3. The van der Waals surface area contributed by atoms with Crippen LogP contribution in [0.1, 0.15) is 44.7 Å². The van der Waals surface area contributed by atoms with Crippen molar-refractivity contribution in [3.8, 4) is 0 Å². The van der Waals surface area contributed by atoms with Gasteiger partial charge >= 0.3 is 6.18 Å². The first kappa shape index (κ1) is 26.8. The number of amides is 2. The van der Waals surface area contributed by atoms with Crippen molar-refractivity contribution in [1.29, 1.82) is 0 Å². The van der Waals surface area contributed by atoms with Crippen LogP contribution >= 0.6 is 0 Å². The van der Waals surface area contributed by atoms with Gasteiger partial charge in [-0.1, -0.05) is 0 Å². The average Bonchev–Trinajstić information content (AvgIpc) is 2.91. The Morgan fingerprint density at radius 3 is 2.47 bits per heavy atom. The standard InChI is InChI=1S/C25H26F3N7O3/c1-38-17-5-8-35(9-6-17)24(37)15-2-3-21(32-12-15)34-22-10-20(18(14-33-22)23(29)36)31-13-16-11-30-7-4-19(16)25(26,27)28/h2-4,7,10-12,14,17H,5-6,8-9,13H2,1H3,(H2,29,36)(H2,31,32,33,34). The lowest BCUT2D eigenvalue weighted by Gasteiger charge is -2.31. The summed E-state index contributed by atoms with van der Waals surface area (Å²) < 4.78 is 45.3. The Labute approximate surface area is 216 Å². The van der Waals surface area contributed by atoms with E-state index >= 15 is 0 Å². The number of methoxy groups -OCH3 is 1. The maximum Gasteiger partial charge on any atom is 0.416 e. The molecule has 3 aromatic rings. The molecule has 2 amide bonds. The zero-order chi connectivity index (χ0) is 27.3. The van der Waals surface area contributed by atoms with Gasteiger partial charge < -0.3 is 26.0 Å².